The molecule has 20 heavy (non-hydrogen) atoms. The van der Waals surface area contributed by atoms with Crippen LogP contribution in [-0.2, 0) is 0 Å². The van der Waals surface area contributed by atoms with E-state index in [-0.39, 0.29) is 12.4 Å². The summed E-state index contributed by atoms with van der Waals surface area (Å²) in [4.78, 5) is 0. The van der Waals surface area contributed by atoms with Crippen molar-refractivity contribution in [2.75, 3.05) is 27.2 Å². The summed E-state index contributed by atoms with van der Waals surface area (Å²) in [6.45, 7) is 10.9. The summed E-state index contributed by atoms with van der Waals surface area (Å²) >= 11 is 0. The zero-order valence-corrected chi connectivity index (χ0v) is 15.2. The van der Waals surface area contributed by atoms with Crippen molar-refractivity contribution in [3.05, 3.63) is 12.7 Å². The van der Waals surface area contributed by atoms with Crippen LogP contribution in [0.4, 0.5) is 0 Å². The van der Waals surface area contributed by atoms with Crippen LogP contribution in [0.25, 0.3) is 0 Å². The molecule has 0 aromatic rings. The van der Waals surface area contributed by atoms with Crippen LogP contribution in [0.1, 0.15) is 71.6 Å². The molecule has 0 spiro atoms. The molecular weight excluding hydrogens is 266 g/mol. The first-order chi connectivity index (χ1) is 9.02. The monoisotopic (exact) mass is 303 g/mol. The van der Waals surface area contributed by atoms with Gasteiger partial charge in [0.05, 0.1) is 27.2 Å². The Morgan fingerprint density at radius 1 is 0.950 bits per heavy atom. The molecule has 0 aliphatic carbocycles. The van der Waals surface area contributed by atoms with Gasteiger partial charge >= 0.3 is 0 Å². The summed E-state index contributed by atoms with van der Waals surface area (Å²) in [6, 6.07) is 0. The maximum Gasteiger partial charge on any atom is 0.0967 e. The first kappa shape index (κ1) is 22.3. The van der Waals surface area contributed by atoms with Gasteiger partial charge in [-0.15, -0.1) is 0 Å². The third-order valence-electron chi connectivity index (χ3n) is 3.98. The minimum Gasteiger partial charge on any atom is -1.00 e. The zero-order valence-electron chi connectivity index (χ0n) is 14.5. The number of unbranched alkanes of at least 4 members (excludes halogenated alkanes) is 7. The maximum absolute atomic E-state index is 3.85. The predicted molar refractivity (Wildman–Crippen MR) is 88.4 cm³/mol. The molecule has 1 unspecified atom stereocenters. The van der Waals surface area contributed by atoms with E-state index in [0.717, 1.165) is 16.9 Å². The Morgan fingerprint density at radius 3 is 1.95 bits per heavy atom. The summed E-state index contributed by atoms with van der Waals surface area (Å²) in [5, 5.41) is 0. The summed E-state index contributed by atoms with van der Waals surface area (Å²) in [5.41, 5.74) is 0. The van der Waals surface area contributed by atoms with Crippen LogP contribution >= 0.6 is 0 Å². The van der Waals surface area contributed by atoms with Crippen LogP contribution in [0, 0.1) is 5.92 Å². The van der Waals surface area contributed by atoms with Gasteiger partial charge in [0.2, 0.25) is 0 Å². The molecule has 0 fully saturated rings. The zero-order chi connectivity index (χ0) is 14.6. The summed E-state index contributed by atoms with van der Waals surface area (Å²) in [7, 11) is 4.62. The van der Waals surface area contributed by atoms with E-state index in [1.807, 2.05) is 6.08 Å². The van der Waals surface area contributed by atoms with E-state index in [4.69, 9.17) is 0 Å². The van der Waals surface area contributed by atoms with Gasteiger partial charge in [-0.3, -0.25) is 0 Å². The SMILES string of the molecule is C=CC[N+](C)(C)CC(C)CCCCCCCCCC.[Cl-]. The van der Waals surface area contributed by atoms with Gasteiger partial charge in [0.15, 0.2) is 0 Å². The first-order valence-corrected chi connectivity index (χ1v) is 8.44. The fourth-order valence-corrected chi connectivity index (χ4v) is 2.99. The van der Waals surface area contributed by atoms with Gasteiger partial charge in [-0.2, -0.15) is 0 Å². The third-order valence-corrected chi connectivity index (χ3v) is 3.98. The van der Waals surface area contributed by atoms with Gasteiger partial charge in [0.25, 0.3) is 0 Å². The summed E-state index contributed by atoms with van der Waals surface area (Å²) < 4.78 is 1.09. The second kappa shape index (κ2) is 13.9. The lowest BCUT2D eigenvalue weighted by Crippen LogP contribution is -3.00. The summed E-state index contributed by atoms with van der Waals surface area (Å²) in [6.07, 6.45) is 14.9. The molecule has 122 valence electrons. The molecule has 0 N–H and O–H groups in total. The third kappa shape index (κ3) is 14.4. The van der Waals surface area contributed by atoms with E-state index >= 15 is 0 Å². The number of rotatable bonds is 13. The normalized spacial score (nSPS) is 12.8. The largest absolute Gasteiger partial charge is 1.00 e. The predicted octanol–water partition coefficient (Wildman–Crippen LogP) is 2.42. The Hall–Kier alpha value is -0.0100. The smallest absolute Gasteiger partial charge is 0.0967 e. The van der Waals surface area contributed by atoms with Crippen molar-refractivity contribution in [2.45, 2.75) is 71.6 Å². The molecule has 0 saturated heterocycles. The number of nitrogens with zero attached hydrogens (tertiary/aromatic N) is 1. The van der Waals surface area contributed by atoms with Crippen LogP contribution in [0.15, 0.2) is 12.7 Å². The average Bonchev–Trinajstić information content (AvgIpc) is 2.31. The Kier molecular flexibility index (Phi) is 15.5. The van der Waals surface area contributed by atoms with Gasteiger partial charge in [-0.1, -0.05) is 71.8 Å². The molecule has 2 heteroatoms. The number of halogens is 1. The minimum absolute atomic E-state index is 0. The second-order valence-electron chi connectivity index (χ2n) is 6.96. The van der Waals surface area contributed by atoms with Crippen molar-refractivity contribution in [3.63, 3.8) is 0 Å². The van der Waals surface area contributed by atoms with Crippen molar-refractivity contribution < 1.29 is 16.9 Å². The van der Waals surface area contributed by atoms with Crippen molar-refractivity contribution in [1.29, 1.82) is 0 Å². The molecule has 0 bridgehead atoms. The van der Waals surface area contributed by atoms with E-state index in [2.05, 4.69) is 34.5 Å². The number of hydrogen-bond donors (Lipinski definition) is 0. The van der Waals surface area contributed by atoms with Gasteiger partial charge in [-0.05, 0) is 12.5 Å². The highest BCUT2D eigenvalue weighted by molar-refractivity contribution is 4.65. The first-order valence-electron chi connectivity index (χ1n) is 8.44. The Morgan fingerprint density at radius 2 is 1.45 bits per heavy atom. The van der Waals surface area contributed by atoms with Crippen molar-refractivity contribution in [1.82, 2.24) is 0 Å². The molecule has 0 radical (unpaired) electrons. The highest BCUT2D eigenvalue weighted by atomic mass is 35.5. The molecule has 0 rings (SSSR count). The van der Waals surface area contributed by atoms with E-state index in [9.17, 15) is 0 Å². The van der Waals surface area contributed by atoms with E-state index < -0.39 is 0 Å². The van der Waals surface area contributed by atoms with Crippen molar-refractivity contribution in [2.24, 2.45) is 5.92 Å². The molecule has 0 aliphatic rings. The van der Waals surface area contributed by atoms with E-state index in [1.165, 1.54) is 64.3 Å². The lowest BCUT2D eigenvalue weighted by molar-refractivity contribution is -0.887. The molecule has 0 aromatic carbocycles. The van der Waals surface area contributed by atoms with Crippen LogP contribution in [-0.4, -0.2) is 31.7 Å². The Balaban J connectivity index is 0. The van der Waals surface area contributed by atoms with Gasteiger partial charge in [-0.25, -0.2) is 0 Å². The van der Waals surface area contributed by atoms with Gasteiger partial charge in [0, 0.05) is 5.92 Å². The van der Waals surface area contributed by atoms with Crippen LogP contribution in [0.2, 0.25) is 0 Å². The second-order valence-corrected chi connectivity index (χ2v) is 6.96. The number of likely N-dealkylation sites (N-methyl/N-ethyl adjacent to an activating group) is 1. The fraction of sp³-hybridized carbons (Fsp3) is 0.889. The fourth-order valence-electron chi connectivity index (χ4n) is 2.99. The lowest BCUT2D eigenvalue weighted by atomic mass is 10.0. The maximum atomic E-state index is 3.85. The molecule has 1 atom stereocenters. The molecule has 0 heterocycles. The molecule has 0 aromatic heterocycles. The highest BCUT2D eigenvalue weighted by Gasteiger charge is 2.16. The molecule has 0 aliphatic heterocycles. The topological polar surface area (TPSA) is 0 Å². The molecule has 0 amide bonds. The number of hydrogen-bond acceptors (Lipinski definition) is 0. The van der Waals surface area contributed by atoms with E-state index in [0.29, 0.717) is 0 Å². The van der Waals surface area contributed by atoms with Crippen LogP contribution < -0.4 is 12.4 Å². The average molecular weight is 304 g/mol. The standard InChI is InChI=1S/C18H38N.ClH/c1-6-8-9-10-11-12-13-14-15-18(3)17-19(4,5)16-7-2;/h7,18H,2,6,8-17H2,1,3-5H3;1H/q+1;/p-1. The Labute approximate surface area is 134 Å². The van der Waals surface area contributed by atoms with Crippen LogP contribution in [0.5, 0.6) is 0 Å². The number of quaternary nitrogens is 1. The van der Waals surface area contributed by atoms with Crippen molar-refractivity contribution >= 4 is 0 Å². The minimum atomic E-state index is 0. The Bertz CT molecular complexity index is 213. The van der Waals surface area contributed by atoms with Crippen LogP contribution in [0.3, 0.4) is 0 Å². The van der Waals surface area contributed by atoms with E-state index in [1.54, 1.807) is 0 Å². The molecule has 1 nitrogen and oxygen atoms in total. The molecular formula is C18H38ClN. The van der Waals surface area contributed by atoms with Crippen molar-refractivity contribution in [3.8, 4) is 0 Å². The van der Waals surface area contributed by atoms with Gasteiger partial charge in [0.1, 0.15) is 0 Å². The summed E-state index contributed by atoms with van der Waals surface area (Å²) in [5.74, 6) is 0.843. The van der Waals surface area contributed by atoms with Gasteiger partial charge < -0.3 is 16.9 Å². The lowest BCUT2D eigenvalue weighted by Gasteiger charge is -2.31. The highest BCUT2D eigenvalue weighted by Crippen LogP contribution is 2.15. The quantitative estimate of drug-likeness (QED) is 0.278. The molecule has 0 saturated carbocycles.